The van der Waals surface area contributed by atoms with Crippen LogP contribution >= 0.6 is 11.3 Å². The number of thiophene rings is 1. The maximum Gasteiger partial charge on any atom is 0.167 e. The van der Waals surface area contributed by atoms with Gasteiger partial charge in [-0.25, -0.2) is 4.39 Å². The number of hydrogen-bond donors (Lipinski definition) is 1. The highest BCUT2D eigenvalue weighted by molar-refractivity contribution is 7.22. The normalized spacial score (nSPS) is 10.9. The van der Waals surface area contributed by atoms with Crippen molar-refractivity contribution in [3.8, 4) is 22.1 Å². The fraction of sp³-hybridized carbons (Fsp3) is 0. The molecule has 117 valence electrons. The Morgan fingerprint density at radius 3 is 2.79 bits per heavy atom. The zero-order valence-electron chi connectivity index (χ0n) is 12.4. The number of benzene rings is 1. The Kier molecular flexibility index (Phi) is 3.59. The minimum atomic E-state index is -0.503. The molecular weight excluding hydrogens is 325 g/mol. The lowest BCUT2D eigenvalue weighted by molar-refractivity contribution is 0.447. The van der Waals surface area contributed by atoms with Crippen LogP contribution in [0.25, 0.3) is 20.8 Å². The van der Waals surface area contributed by atoms with Crippen molar-refractivity contribution in [1.29, 1.82) is 0 Å². The van der Waals surface area contributed by atoms with Gasteiger partial charge < -0.3 is 10.5 Å². The predicted octanol–water partition coefficient (Wildman–Crippen LogP) is 4.67. The molecule has 3 aromatic heterocycles. The van der Waals surface area contributed by atoms with Crippen molar-refractivity contribution < 1.29 is 9.13 Å². The second-order valence-electron chi connectivity index (χ2n) is 5.07. The van der Waals surface area contributed by atoms with Crippen molar-refractivity contribution in [1.82, 2.24) is 9.97 Å². The standard InChI is InChI=1S/C18H11FN3OS/c19-12-9-11(20)4-5-15(12)23-16-6-8-22-14-10-17(24-18(14)16)13-3-1-2-7-21-13/h1,3-10H,20H2. The molecule has 0 saturated heterocycles. The zero-order valence-corrected chi connectivity index (χ0v) is 13.2. The van der Waals surface area contributed by atoms with Crippen LogP contribution in [0.1, 0.15) is 0 Å². The van der Waals surface area contributed by atoms with Gasteiger partial charge in [-0.3, -0.25) is 9.97 Å². The second kappa shape index (κ2) is 5.90. The third kappa shape index (κ3) is 2.68. The van der Waals surface area contributed by atoms with Crippen molar-refractivity contribution in [2.24, 2.45) is 0 Å². The number of rotatable bonds is 3. The van der Waals surface area contributed by atoms with E-state index in [0.29, 0.717) is 11.4 Å². The van der Waals surface area contributed by atoms with Crippen LogP contribution in [-0.2, 0) is 0 Å². The van der Waals surface area contributed by atoms with E-state index in [1.807, 2.05) is 12.1 Å². The van der Waals surface area contributed by atoms with Crippen molar-refractivity contribution >= 4 is 27.2 Å². The summed E-state index contributed by atoms with van der Waals surface area (Å²) in [5, 5.41) is 0. The van der Waals surface area contributed by atoms with Gasteiger partial charge in [-0.15, -0.1) is 11.3 Å². The zero-order chi connectivity index (χ0) is 16.5. The molecule has 2 N–H and O–H groups in total. The maximum atomic E-state index is 14.0. The molecule has 0 unspecified atom stereocenters. The Bertz CT molecular complexity index is 1020. The Labute approximate surface area is 141 Å². The minimum absolute atomic E-state index is 0.124. The molecule has 0 atom stereocenters. The first-order chi connectivity index (χ1) is 11.7. The highest BCUT2D eigenvalue weighted by Gasteiger charge is 2.13. The SMILES string of the molecule is Nc1ccc(Oc2ccnc3cc(-c4cc[c]cn4)sc23)c(F)c1. The largest absolute Gasteiger partial charge is 0.453 e. The van der Waals surface area contributed by atoms with E-state index in [1.165, 1.54) is 23.5 Å². The number of ether oxygens (including phenoxy) is 1. The Hall–Kier alpha value is -2.99. The highest BCUT2D eigenvalue weighted by Crippen LogP contribution is 2.39. The molecule has 6 heteroatoms. The average molecular weight is 336 g/mol. The lowest BCUT2D eigenvalue weighted by Gasteiger charge is -2.07. The van der Waals surface area contributed by atoms with Crippen molar-refractivity contribution in [3.63, 3.8) is 0 Å². The topological polar surface area (TPSA) is 61.0 Å². The summed E-state index contributed by atoms with van der Waals surface area (Å²) in [7, 11) is 0. The molecule has 0 aliphatic rings. The first kappa shape index (κ1) is 14.6. The summed E-state index contributed by atoms with van der Waals surface area (Å²) in [4.78, 5) is 9.60. The smallest absolute Gasteiger partial charge is 0.167 e. The summed E-state index contributed by atoms with van der Waals surface area (Å²) in [5.41, 5.74) is 7.53. The third-order valence-corrected chi connectivity index (χ3v) is 4.58. The second-order valence-corrected chi connectivity index (χ2v) is 6.12. The molecule has 0 bridgehead atoms. The minimum Gasteiger partial charge on any atom is -0.453 e. The fourth-order valence-electron chi connectivity index (χ4n) is 2.31. The summed E-state index contributed by atoms with van der Waals surface area (Å²) >= 11 is 1.49. The fourth-order valence-corrected chi connectivity index (χ4v) is 3.35. The van der Waals surface area contributed by atoms with Crippen LogP contribution in [0.15, 0.2) is 54.9 Å². The monoisotopic (exact) mass is 336 g/mol. The van der Waals surface area contributed by atoms with Gasteiger partial charge in [0.1, 0.15) is 5.75 Å². The van der Waals surface area contributed by atoms with Gasteiger partial charge >= 0.3 is 0 Å². The third-order valence-electron chi connectivity index (χ3n) is 3.42. The molecule has 1 aromatic carbocycles. The summed E-state index contributed by atoms with van der Waals surface area (Å²) < 4.78 is 20.5. The summed E-state index contributed by atoms with van der Waals surface area (Å²) in [6.07, 6.45) is 3.25. The van der Waals surface area contributed by atoms with E-state index in [2.05, 4.69) is 16.0 Å². The Morgan fingerprint density at radius 2 is 2.00 bits per heavy atom. The van der Waals surface area contributed by atoms with Crippen LogP contribution in [0.2, 0.25) is 0 Å². The molecule has 0 fully saturated rings. The van der Waals surface area contributed by atoms with Crippen LogP contribution in [0.4, 0.5) is 10.1 Å². The van der Waals surface area contributed by atoms with Crippen molar-refractivity contribution in [2.45, 2.75) is 0 Å². The van der Waals surface area contributed by atoms with E-state index in [-0.39, 0.29) is 5.75 Å². The molecular formula is C18H11FN3OS. The number of anilines is 1. The molecule has 0 amide bonds. The van der Waals surface area contributed by atoms with Gasteiger partial charge in [0, 0.05) is 36.3 Å². The molecule has 1 radical (unpaired) electrons. The number of aromatic nitrogens is 2. The predicted molar refractivity (Wildman–Crippen MR) is 92.6 cm³/mol. The van der Waals surface area contributed by atoms with Gasteiger partial charge in [0.25, 0.3) is 0 Å². The molecule has 4 rings (SSSR count). The quantitative estimate of drug-likeness (QED) is 0.552. The van der Waals surface area contributed by atoms with Crippen LogP contribution in [0.3, 0.4) is 0 Å². The van der Waals surface area contributed by atoms with E-state index in [9.17, 15) is 4.39 Å². The van der Waals surface area contributed by atoms with Gasteiger partial charge in [0.05, 0.1) is 20.8 Å². The Morgan fingerprint density at radius 1 is 1.08 bits per heavy atom. The van der Waals surface area contributed by atoms with Gasteiger partial charge in [-0.05, 0) is 24.3 Å². The lowest BCUT2D eigenvalue weighted by atomic mass is 10.3. The van der Waals surface area contributed by atoms with Crippen LogP contribution in [-0.4, -0.2) is 9.97 Å². The molecule has 0 spiro atoms. The van der Waals surface area contributed by atoms with E-state index in [4.69, 9.17) is 10.5 Å². The number of hydrogen-bond acceptors (Lipinski definition) is 5. The van der Waals surface area contributed by atoms with E-state index in [0.717, 1.165) is 20.8 Å². The van der Waals surface area contributed by atoms with Gasteiger partial charge in [-0.1, -0.05) is 6.07 Å². The lowest BCUT2D eigenvalue weighted by Crippen LogP contribution is -1.91. The first-order valence-corrected chi connectivity index (χ1v) is 7.96. The number of fused-ring (bicyclic) bond motifs is 1. The molecule has 24 heavy (non-hydrogen) atoms. The highest BCUT2D eigenvalue weighted by atomic mass is 32.1. The van der Waals surface area contributed by atoms with Crippen molar-refractivity contribution in [2.75, 3.05) is 5.73 Å². The Balaban J connectivity index is 1.77. The van der Waals surface area contributed by atoms with Gasteiger partial charge in [0.2, 0.25) is 0 Å². The van der Waals surface area contributed by atoms with Crippen LogP contribution in [0, 0.1) is 11.9 Å². The number of halogens is 1. The number of nitrogens with zero attached hydrogens (tertiary/aromatic N) is 2. The summed E-state index contributed by atoms with van der Waals surface area (Å²) in [6, 6.07) is 14.6. The van der Waals surface area contributed by atoms with E-state index in [1.54, 1.807) is 30.6 Å². The maximum absolute atomic E-state index is 14.0. The van der Waals surface area contributed by atoms with Gasteiger partial charge in [0.15, 0.2) is 11.6 Å². The molecule has 4 aromatic rings. The number of pyridine rings is 2. The van der Waals surface area contributed by atoms with Crippen LogP contribution < -0.4 is 10.5 Å². The van der Waals surface area contributed by atoms with E-state index >= 15 is 0 Å². The van der Waals surface area contributed by atoms with Gasteiger partial charge in [-0.2, -0.15) is 0 Å². The number of nitrogen functional groups attached to an aromatic ring is 1. The van der Waals surface area contributed by atoms with Crippen molar-refractivity contribution in [3.05, 3.63) is 66.7 Å². The van der Waals surface area contributed by atoms with E-state index < -0.39 is 5.82 Å². The molecule has 0 aliphatic heterocycles. The summed E-state index contributed by atoms with van der Waals surface area (Å²) in [5.74, 6) is 0.165. The average Bonchev–Trinajstić information content (AvgIpc) is 3.03. The molecule has 0 aliphatic carbocycles. The first-order valence-electron chi connectivity index (χ1n) is 7.14. The summed E-state index contributed by atoms with van der Waals surface area (Å²) in [6.45, 7) is 0. The molecule has 0 saturated carbocycles. The van der Waals surface area contributed by atoms with Crippen LogP contribution in [0.5, 0.6) is 11.5 Å². The number of nitrogens with two attached hydrogens (primary N) is 1. The molecule has 4 nitrogen and oxygen atoms in total. The molecule has 3 heterocycles.